The van der Waals surface area contributed by atoms with Crippen LogP contribution in [0.15, 0.2) is 18.2 Å². The van der Waals surface area contributed by atoms with Crippen LogP contribution < -0.4 is 15.8 Å². The number of halogens is 1. The molecule has 1 amide bonds. The Morgan fingerprint density at radius 2 is 2.15 bits per heavy atom. The summed E-state index contributed by atoms with van der Waals surface area (Å²) in [5, 5.41) is 2.83. The van der Waals surface area contributed by atoms with Crippen LogP contribution >= 0.6 is 0 Å². The van der Waals surface area contributed by atoms with Crippen LogP contribution in [-0.4, -0.2) is 18.6 Å². The Balaban J connectivity index is 2.61. The summed E-state index contributed by atoms with van der Waals surface area (Å²) in [6.07, 6.45) is 1.91. The lowest BCUT2D eigenvalue weighted by Crippen LogP contribution is -2.36. The molecule has 0 saturated carbocycles. The number of carbonyl (C=O) groups excluding carboxylic acids is 1. The van der Waals surface area contributed by atoms with Crippen LogP contribution in [0.25, 0.3) is 0 Å². The van der Waals surface area contributed by atoms with Gasteiger partial charge >= 0.3 is 0 Å². The Kier molecular flexibility index (Phi) is 6.45. The highest BCUT2D eigenvalue weighted by molar-refractivity contribution is 5.77. The van der Waals surface area contributed by atoms with Gasteiger partial charge in [-0.2, -0.15) is 0 Å². The highest BCUT2D eigenvalue weighted by Crippen LogP contribution is 2.24. The molecule has 0 radical (unpaired) electrons. The average Bonchev–Trinajstić information content (AvgIpc) is 2.36. The van der Waals surface area contributed by atoms with Crippen molar-refractivity contribution in [2.24, 2.45) is 5.73 Å². The Morgan fingerprint density at radius 1 is 1.45 bits per heavy atom. The van der Waals surface area contributed by atoms with Gasteiger partial charge in [0, 0.05) is 23.7 Å². The van der Waals surface area contributed by atoms with E-state index in [4.69, 9.17) is 10.5 Å². The molecule has 2 atom stereocenters. The predicted molar refractivity (Wildman–Crippen MR) is 77.0 cm³/mol. The molecule has 1 aromatic carbocycles. The second kappa shape index (κ2) is 7.85. The van der Waals surface area contributed by atoms with Gasteiger partial charge in [-0.3, -0.25) is 4.79 Å². The van der Waals surface area contributed by atoms with Gasteiger partial charge in [-0.15, -0.1) is 0 Å². The summed E-state index contributed by atoms with van der Waals surface area (Å²) < 4.78 is 18.6. The number of amides is 1. The standard InChI is InChI=1S/C15H23FN2O2/c1-4-5-10(2)18-15(19)9-20-14-8-12(16)6-7-13(14)11(3)17/h6-8,10-11H,4-5,9,17H2,1-3H3,(H,18,19)/t10?,11-/m0/s1. The SMILES string of the molecule is CCCC(C)NC(=O)COc1cc(F)ccc1[C@H](C)N. The van der Waals surface area contributed by atoms with Crippen molar-refractivity contribution in [3.05, 3.63) is 29.6 Å². The number of benzene rings is 1. The predicted octanol–water partition coefficient (Wildman–Crippen LogP) is 2.53. The molecular formula is C15H23FN2O2. The second-order valence-electron chi connectivity index (χ2n) is 5.02. The van der Waals surface area contributed by atoms with Crippen LogP contribution in [-0.2, 0) is 4.79 Å². The Hall–Kier alpha value is -1.62. The lowest BCUT2D eigenvalue weighted by Gasteiger charge is -2.16. The summed E-state index contributed by atoms with van der Waals surface area (Å²) in [5.41, 5.74) is 6.47. The monoisotopic (exact) mass is 282 g/mol. The zero-order valence-corrected chi connectivity index (χ0v) is 12.3. The Bertz CT molecular complexity index is 449. The lowest BCUT2D eigenvalue weighted by atomic mass is 10.1. The van der Waals surface area contributed by atoms with Gasteiger partial charge < -0.3 is 15.8 Å². The van der Waals surface area contributed by atoms with Crippen molar-refractivity contribution in [3.8, 4) is 5.75 Å². The molecular weight excluding hydrogens is 259 g/mol. The maximum absolute atomic E-state index is 13.2. The molecule has 20 heavy (non-hydrogen) atoms. The molecule has 0 fully saturated rings. The smallest absolute Gasteiger partial charge is 0.258 e. The quantitative estimate of drug-likeness (QED) is 0.807. The largest absolute Gasteiger partial charge is 0.483 e. The molecule has 0 aliphatic rings. The first-order valence-electron chi connectivity index (χ1n) is 6.91. The van der Waals surface area contributed by atoms with Gasteiger partial charge in [0.15, 0.2) is 6.61 Å². The fourth-order valence-corrected chi connectivity index (χ4v) is 1.97. The van der Waals surface area contributed by atoms with Crippen molar-refractivity contribution in [2.75, 3.05) is 6.61 Å². The first kappa shape index (κ1) is 16.4. The van der Waals surface area contributed by atoms with Crippen molar-refractivity contribution >= 4 is 5.91 Å². The van der Waals surface area contributed by atoms with Gasteiger partial charge in [-0.1, -0.05) is 19.4 Å². The number of hydrogen-bond donors (Lipinski definition) is 2. The second-order valence-corrected chi connectivity index (χ2v) is 5.02. The number of rotatable bonds is 7. The molecule has 0 saturated heterocycles. The number of carbonyl (C=O) groups is 1. The number of hydrogen-bond acceptors (Lipinski definition) is 3. The summed E-state index contributed by atoms with van der Waals surface area (Å²) in [6.45, 7) is 5.64. The minimum atomic E-state index is -0.413. The van der Waals surface area contributed by atoms with Crippen LogP contribution in [0.1, 0.15) is 45.2 Å². The summed E-state index contributed by atoms with van der Waals surface area (Å²) >= 11 is 0. The van der Waals surface area contributed by atoms with Crippen molar-refractivity contribution in [2.45, 2.75) is 45.7 Å². The molecule has 0 aromatic heterocycles. The van der Waals surface area contributed by atoms with E-state index in [1.54, 1.807) is 13.0 Å². The van der Waals surface area contributed by atoms with E-state index in [1.807, 2.05) is 6.92 Å². The van der Waals surface area contributed by atoms with Gasteiger partial charge in [0.25, 0.3) is 5.91 Å². The van der Waals surface area contributed by atoms with Crippen molar-refractivity contribution in [3.63, 3.8) is 0 Å². The van der Waals surface area contributed by atoms with Crippen molar-refractivity contribution < 1.29 is 13.9 Å². The molecule has 4 nitrogen and oxygen atoms in total. The Labute approximate surface area is 119 Å². The molecule has 3 N–H and O–H groups in total. The van der Waals surface area contributed by atoms with Crippen LogP contribution in [0.3, 0.4) is 0 Å². The molecule has 112 valence electrons. The van der Waals surface area contributed by atoms with E-state index in [9.17, 15) is 9.18 Å². The van der Waals surface area contributed by atoms with E-state index in [2.05, 4.69) is 12.2 Å². The first-order valence-corrected chi connectivity index (χ1v) is 6.91. The third-order valence-corrected chi connectivity index (χ3v) is 2.95. The fourth-order valence-electron chi connectivity index (χ4n) is 1.97. The first-order chi connectivity index (χ1) is 9.43. The molecule has 0 heterocycles. The van der Waals surface area contributed by atoms with E-state index < -0.39 is 5.82 Å². The summed E-state index contributed by atoms with van der Waals surface area (Å²) in [5.74, 6) is -0.312. The topological polar surface area (TPSA) is 64.3 Å². The summed E-state index contributed by atoms with van der Waals surface area (Å²) in [6, 6.07) is 3.98. The molecule has 0 aliphatic heterocycles. The van der Waals surface area contributed by atoms with E-state index in [0.29, 0.717) is 11.3 Å². The van der Waals surface area contributed by atoms with Crippen LogP contribution in [0.2, 0.25) is 0 Å². The minimum Gasteiger partial charge on any atom is -0.483 e. The summed E-state index contributed by atoms with van der Waals surface area (Å²) in [4.78, 5) is 11.7. The van der Waals surface area contributed by atoms with Crippen molar-refractivity contribution in [1.82, 2.24) is 5.32 Å². The third-order valence-electron chi connectivity index (χ3n) is 2.95. The van der Waals surface area contributed by atoms with E-state index in [-0.39, 0.29) is 24.6 Å². The van der Waals surface area contributed by atoms with Crippen molar-refractivity contribution in [1.29, 1.82) is 0 Å². The van der Waals surface area contributed by atoms with E-state index in [0.717, 1.165) is 12.8 Å². The van der Waals surface area contributed by atoms with E-state index >= 15 is 0 Å². The molecule has 0 aliphatic carbocycles. The zero-order valence-electron chi connectivity index (χ0n) is 12.3. The Morgan fingerprint density at radius 3 is 2.75 bits per heavy atom. The molecule has 1 rings (SSSR count). The normalized spacial score (nSPS) is 13.7. The average molecular weight is 282 g/mol. The van der Waals surface area contributed by atoms with Gasteiger partial charge in [-0.05, 0) is 26.3 Å². The fraction of sp³-hybridized carbons (Fsp3) is 0.533. The molecule has 1 unspecified atom stereocenters. The molecule has 0 spiro atoms. The highest BCUT2D eigenvalue weighted by Gasteiger charge is 2.12. The number of nitrogens with two attached hydrogens (primary N) is 1. The highest BCUT2D eigenvalue weighted by atomic mass is 19.1. The van der Waals surface area contributed by atoms with Gasteiger partial charge in [0.05, 0.1) is 0 Å². The maximum atomic E-state index is 13.2. The van der Waals surface area contributed by atoms with Crippen LogP contribution in [0.5, 0.6) is 5.75 Å². The number of ether oxygens (including phenoxy) is 1. The van der Waals surface area contributed by atoms with Crippen LogP contribution in [0, 0.1) is 5.82 Å². The van der Waals surface area contributed by atoms with Gasteiger partial charge in [0.2, 0.25) is 0 Å². The zero-order chi connectivity index (χ0) is 15.1. The maximum Gasteiger partial charge on any atom is 0.258 e. The molecule has 5 heteroatoms. The lowest BCUT2D eigenvalue weighted by molar-refractivity contribution is -0.123. The molecule has 1 aromatic rings. The third kappa shape index (κ3) is 5.17. The van der Waals surface area contributed by atoms with E-state index in [1.165, 1.54) is 12.1 Å². The minimum absolute atomic E-state index is 0.108. The number of nitrogens with one attached hydrogen (secondary N) is 1. The van der Waals surface area contributed by atoms with Crippen LogP contribution in [0.4, 0.5) is 4.39 Å². The van der Waals surface area contributed by atoms with Gasteiger partial charge in [0.1, 0.15) is 11.6 Å². The molecule has 0 bridgehead atoms. The summed E-state index contributed by atoms with van der Waals surface area (Å²) in [7, 11) is 0. The van der Waals surface area contributed by atoms with Gasteiger partial charge in [-0.25, -0.2) is 4.39 Å².